The van der Waals surface area contributed by atoms with Crippen molar-refractivity contribution in [1.82, 2.24) is 4.72 Å². The molecule has 0 aromatic heterocycles. The SMILES string of the molecule is O=S(=O)(NC(CO)(CO)CO)c1c(Cl)cc(Br)cc1Cl. The number of nitrogens with one attached hydrogen (secondary N) is 1. The molecule has 0 saturated carbocycles. The Hall–Kier alpha value is 0.0700. The van der Waals surface area contributed by atoms with Gasteiger partial charge in [-0.1, -0.05) is 39.1 Å². The maximum Gasteiger partial charge on any atom is 0.244 e. The van der Waals surface area contributed by atoms with Gasteiger partial charge in [0.1, 0.15) is 10.4 Å². The van der Waals surface area contributed by atoms with Crippen molar-refractivity contribution in [2.45, 2.75) is 10.4 Å². The number of benzene rings is 1. The van der Waals surface area contributed by atoms with Crippen LogP contribution in [0.1, 0.15) is 0 Å². The first-order valence-corrected chi connectivity index (χ1v) is 8.25. The molecule has 0 aliphatic carbocycles. The first-order valence-electron chi connectivity index (χ1n) is 5.22. The van der Waals surface area contributed by atoms with Gasteiger partial charge < -0.3 is 15.3 Å². The third-order valence-corrected chi connectivity index (χ3v) is 5.45. The van der Waals surface area contributed by atoms with Crippen LogP contribution in [0.4, 0.5) is 0 Å². The van der Waals surface area contributed by atoms with Gasteiger partial charge in [-0.25, -0.2) is 8.42 Å². The maximum absolute atomic E-state index is 12.2. The molecular weight excluding hydrogens is 397 g/mol. The predicted molar refractivity (Wildman–Crippen MR) is 78.5 cm³/mol. The second kappa shape index (κ2) is 6.89. The van der Waals surface area contributed by atoms with Crippen LogP contribution in [0.25, 0.3) is 0 Å². The number of rotatable bonds is 6. The second-order valence-electron chi connectivity index (χ2n) is 4.06. The van der Waals surface area contributed by atoms with Crippen LogP contribution in [-0.2, 0) is 10.0 Å². The van der Waals surface area contributed by atoms with E-state index in [9.17, 15) is 8.42 Å². The predicted octanol–water partition coefficient (Wildman–Crippen LogP) is 0.750. The highest BCUT2D eigenvalue weighted by Crippen LogP contribution is 2.33. The maximum atomic E-state index is 12.2. The zero-order chi connectivity index (χ0) is 15.6. The molecule has 6 nitrogen and oxygen atoms in total. The lowest BCUT2D eigenvalue weighted by Gasteiger charge is -2.28. The van der Waals surface area contributed by atoms with E-state index in [1.54, 1.807) is 0 Å². The summed E-state index contributed by atoms with van der Waals surface area (Å²) in [5.74, 6) is 0. The van der Waals surface area contributed by atoms with Crippen molar-refractivity contribution >= 4 is 49.2 Å². The van der Waals surface area contributed by atoms with Gasteiger partial charge in [-0.3, -0.25) is 0 Å². The molecule has 1 rings (SSSR count). The molecule has 4 N–H and O–H groups in total. The standard InChI is InChI=1S/C10H12BrCl2NO5S/c11-6-1-7(12)9(8(13)2-6)20(18,19)14-10(3-15,4-16)5-17/h1-2,14-17H,3-5H2. The van der Waals surface area contributed by atoms with Gasteiger partial charge in [0.05, 0.1) is 29.9 Å². The molecule has 0 aliphatic rings. The summed E-state index contributed by atoms with van der Waals surface area (Å²) in [6, 6.07) is 2.67. The zero-order valence-electron chi connectivity index (χ0n) is 9.98. The quantitative estimate of drug-likeness (QED) is 0.555. The summed E-state index contributed by atoms with van der Waals surface area (Å²) in [5.41, 5.74) is -1.81. The molecule has 1 aromatic rings. The lowest BCUT2D eigenvalue weighted by atomic mass is 10.1. The Bertz CT molecular complexity index is 560. The third kappa shape index (κ3) is 3.83. The average Bonchev–Trinajstić information content (AvgIpc) is 2.34. The first-order chi connectivity index (χ1) is 9.21. The molecule has 0 amide bonds. The molecule has 0 unspecified atom stereocenters. The fraction of sp³-hybridized carbons (Fsp3) is 0.400. The summed E-state index contributed by atoms with van der Waals surface area (Å²) in [6.45, 7) is -2.40. The first kappa shape index (κ1) is 18.1. The molecule has 1 aromatic carbocycles. The highest BCUT2D eigenvalue weighted by Gasteiger charge is 2.35. The summed E-state index contributed by atoms with van der Waals surface area (Å²) in [4.78, 5) is -0.399. The number of hydrogen-bond acceptors (Lipinski definition) is 5. The van der Waals surface area contributed by atoms with E-state index in [-0.39, 0.29) is 10.0 Å². The molecule has 0 spiro atoms. The van der Waals surface area contributed by atoms with E-state index >= 15 is 0 Å². The lowest BCUT2D eigenvalue weighted by Crippen LogP contribution is -2.56. The van der Waals surface area contributed by atoms with E-state index < -0.39 is 40.3 Å². The van der Waals surface area contributed by atoms with Crippen molar-refractivity contribution in [3.63, 3.8) is 0 Å². The Balaban J connectivity index is 3.32. The number of sulfonamides is 1. The molecule has 0 bridgehead atoms. The summed E-state index contributed by atoms with van der Waals surface area (Å²) in [6.07, 6.45) is 0. The van der Waals surface area contributed by atoms with Crippen molar-refractivity contribution in [3.05, 3.63) is 26.7 Å². The van der Waals surface area contributed by atoms with Crippen LogP contribution in [0.15, 0.2) is 21.5 Å². The van der Waals surface area contributed by atoms with E-state index in [2.05, 4.69) is 15.9 Å². The van der Waals surface area contributed by atoms with Crippen LogP contribution < -0.4 is 4.72 Å². The number of hydrogen-bond donors (Lipinski definition) is 4. The van der Waals surface area contributed by atoms with Crippen molar-refractivity contribution < 1.29 is 23.7 Å². The summed E-state index contributed by atoms with van der Waals surface area (Å²) < 4.78 is 27.0. The zero-order valence-corrected chi connectivity index (χ0v) is 13.9. The molecule has 0 atom stereocenters. The van der Waals surface area contributed by atoms with Crippen molar-refractivity contribution in [1.29, 1.82) is 0 Å². The molecule has 0 saturated heterocycles. The van der Waals surface area contributed by atoms with Gasteiger partial charge in [0.25, 0.3) is 0 Å². The van der Waals surface area contributed by atoms with Gasteiger partial charge in [-0.15, -0.1) is 0 Å². The van der Waals surface area contributed by atoms with Crippen molar-refractivity contribution in [2.24, 2.45) is 0 Å². The topological polar surface area (TPSA) is 107 Å². The molecule has 114 valence electrons. The van der Waals surface area contributed by atoms with Crippen LogP contribution in [0.5, 0.6) is 0 Å². The Morgan fingerprint density at radius 3 is 1.85 bits per heavy atom. The molecule has 10 heteroatoms. The summed E-state index contributed by atoms with van der Waals surface area (Å²) in [7, 11) is -4.25. The van der Waals surface area contributed by atoms with Gasteiger partial charge in [-0.05, 0) is 12.1 Å². The van der Waals surface area contributed by atoms with E-state index in [4.69, 9.17) is 38.5 Å². The molecule has 20 heavy (non-hydrogen) atoms. The average molecular weight is 409 g/mol. The van der Waals surface area contributed by atoms with Gasteiger partial charge in [0.2, 0.25) is 10.0 Å². The number of aliphatic hydroxyl groups is 3. The Kier molecular flexibility index (Phi) is 6.24. The van der Waals surface area contributed by atoms with E-state index in [1.807, 2.05) is 4.72 Å². The molecular formula is C10H12BrCl2NO5S. The van der Waals surface area contributed by atoms with Crippen molar-refractivity contribution in [2.75, 3.05) is 19.8 Å². The Morgan fingerprint density at radius 1 is 1.10 bits per heavy atom. The minimum Gasteiger partial charge on any atom is -0.394 e. The van der Waals surface area contributed by atoms with Gasteiger partial charge in [-0.2, -0.15) is 4.72 Å². The minimum atomic E-state index is -4.25. The van der Waals surface area contributed by atoms with Crippen LogP contribution in [0.3, 0.4) is 0 Å². The summed E-state index contributed by atoms with van der Waals surface area (Å²) in [5, 5.41) is 27.2. The van der Waals surface area contributed by atoms with Crippen LogP contribution in [0.2, 0.25) is 10.0 Å². The molecule has 0 aliphatic heterocycles. The fourth-order valence-corrected chi connectivity index (χ4v) is 4.68. The van der Waals surface area contributed by atoms with E-state index in [0.29, 0.717) is 4.47 Å². The largest absolute Gasteiger partial charge is 0.394 e. The third-order valence-electron chi connectivity index (χ3n) is 2.49. The Labute approximate surface area is 134 Å². The van der Waals surface area contributed by atoms with Gasteiger partial charge in [0, 0.05) is 4.47 Å². The molecule has 0 fully saturated rings. The highest BCUT2D eigenvalue weighted by molar-refractivity contribution is 9.10. The minimum absolute atomic E-state index is 0.139. The fourth-order valence-electron chi connectivity index (χ4n) is 1.37. The van der Waals surface area contributed by atoms with Crippen LogP contribution in [0, 0.1) is 0 Å². The molecule has 0 heterocycles. The molecule has 0 radical (unpaired) electrons. The smallest absolute Gasteiger partial charge is 0.244 e. The number of halogens is 3. The van der Waals surface area contributed by atoms with E-state index in [1.165, 1.54) is 12.1 Å². The van der Waals surface area contributed by atoms with Gasteiger partial charge >= 0.3 is 0 Å². The Morgan fingerprint density at radius 2 is 1.50 bits per heavy atom. The number of aliphatic hydroxyl groups excluding tert-OH is 3. The second-order valence-corrected chi connectivity index (χ2v) is 7.41. The van der Waals surface area contributed by atoms with Gasteiger partial charge in [0.15, 0.2) is 0 Å². The van der Waals surface area contributed by atoms with Crippen LogP contribution >= 0.6 is 39.1 Å². The van der Waals surface area contributed by atoms with E-state index in [0.717, 1.165) is 0 Å². The van der Waals surface area contributed by atoms with Crippen LogP contribution in [-0.4, -0.2) is 49.1 Å². The summed E-state index contributed by atoms with van der Waals surface area (Å²) >= 11 is 14.8. The normalized spacial score (nSPS) is 12.7. The highest BCUT2D eigenvalue weighted by atomic mass is 79.9. The monoisotopic (exact) mass is 407 g/mol. The lowest BCUT2D eigenvalue weighted by molar-refractivity contribution is 0.0582. The van der Waals surface area contributed by atoms with Crippen molar-refractivity contribution in [3.8, 4) is 0 Å².